The van der Waals surface area contributed by atoms with E-state index < -0.39 is 18.0 Å². The molecule has 1 heterocycles. The van der Waals surface area contributed by atoms with E-state index in [0.717, 1.165) is 0 Å². The van der Waals surface area contributed by atoms with Gasteiger partial charge in [-0.3, -0.25) is 9.78 Å². The van der Waals surface area contributed by atoms with Crippen LogP contribution in [0.5, 0.6) is 0 Å². The van der Waals surface area contributed by atoms with Gasteiger partial charge in [0, 0.05) is 24.2 Å². The van der Waals surface area contributed by atoms with E-state index in [4.69, 9.17) is 21.8 Å². The highest BCUT2D eigenvalue weighted by atomic mass is 35.5. The van der Waals surface area contributed by atoms with Gasteiger partial charge in [-0.1, -0.05) is 11.6 Å². The summed E-state index contributed by atoms with van der Waals surface area (Å²) in [6, 6.07) is 2.93. The van der Waals surface area contributed by atoms with Crippen molar-refractivity contribution in [2.45, 2.75) is 12.5 Å². The van der Waals surface area contributed by atoms with Crippen LogP contribution in [0.25, 0.3) is 0 Å². The number of pyridine rings is 1. The van der Waals surface area contributed by atoms with Crippen LogP contribution < -0.4 is 5.32 Å². The molecular weight excluding hydrogens is 248 g/mol. The highest BCUT2D eigenvalue weighted by Gasteiger charge is 2.13. The molecule has 1 atom stereocenters. The highest BCUT2D eigenvalue weighted by Crippen LogP contribution is 2.07. The number of aliphatic carboxylic acids is 1. The van der Waals surface area contributed by atoms with Crippen molar-refractivity contribution in [1.29, 1.82) is 0 Å². The molecule has 0 aliphatic carbocycles. The number of nitrogens with zero attached hydrogens (tertiary/aromatic N) is 1. The number of aliphatic hydroxyl groups is 1. The van der Waals surface area contributed by atoms with Crippen LogP contribution in [0.4, 0.5) is 0 Å². The number of aromatic nitrogens is 1. The van der Waals surface area contributed by atoms with Gasteiger partial charge in [-0.05, 0) is 12.1 Å². The molecule has 0 saturated carbocycles. The number of aliphatic hydroxyl groups excluding tert-OH is 1. The monoisotopic (exact) mass is 258 g/mol. The first kappa shape index (κ1) is 13.4. The van der Waals surface area contributed by atoms with Gasteiger partial charge in [0.1, 0.15) is 5.69 Å². The second-order valence-electron chi connectivity index (χ2n) is 3.26. The number of carbonyl (C=O) groups is 2. The predicted molar refractivity (Wildman–Crippen MR) is 59.8 cm³/mol. The van der Waals surface area contributed by atoms with E-state index in [2.05, 4.69) is 10.3 Å². The predicted octanol–water partition coefficient (Wildman–Crippen LogP) is 0.300. The van der Waals surface area contributed by atoms with Gasteiger partial charge in [-0.25, -0.2) is 4.79 Å². The molecule has 1 rings (SSSR count). The Labute approximate surface area is 102 Å². The lowest BCUT2D eigenvalue weighted by atomic mass is 10.2. The number of amides is 1. The van der Waals surface area contributed by atoms with Crippen molar-refractivity contribution in [2.75, 3.05) is 6.54 Å². The molecule has 0 aliphatic heterocycles. The summed E-state index contributed by atoms with van der Waals surface area (Å²) >= 11 is 5.68. The van der Waals surface area contributed by atoms with E-state index in [1.54, 1.807) is 0 Å². The number of carboxylic acid groups (broad SMARTS) is 1. The zero-order chi connectivity index (χ0) is 12.8. The average molecular weight is 259 g/mol. The molecule has 0 fully saturated rings. The number of carbonyl (C=O) groups excluding carboxylic acids is 1. The van der Waals surface area contributed by atoms with Gasteiger partial charge in [0.2, 0.25) is 0 Å². The van der Waals surface area contributed by atoms with Crippen LogP contribution in [-0.2, 0) is 4.79 Å². The molecule has 1 aromatic heterocycles. The third-order valence-corrected chi connectivity index (χ3v) is 2.18. The third-order valence-electron chi connectivity index (χ3n) is 1.94. The van der Waals surface area contributed by atoms with Crippen LogP contribution in [-0.4, -0.2) is 39.7 Å². The summed E-state index contributed by atoms with van der Waals surface area (Å²) in [5, 5.41) is 20.2. The molecule has 0 radical (unpaired) electrons. The average Bonchev–Trinajstić information content (AvgIpc) is 2.28. The Morgan fingerprint density at radius 3 is 2.82 bits per heavy atom. The Bertz CT molecular complexity index is 425. The Kier molecular flexibility index (Phi) is 4.86. The molecule has 3 N–H and O–H groups in total. The lowest BCUT2D eigenvalue weighted by Gasteiger charge is -2.06. The molecule has 17 heavy (non-hydrogen) atoms. The largest absolute Gasteiger partial charge is 0.479 e. The van der Waals surface area contributed by atoms with Crippen LogP contribution in [0, 0.1) is 0 Å². The van der Waals surface area contributed by atoms with Crippen molar-refractivity contribution in [3.8, 4) is 0 Å². The Balaban J connectivity index is 2.43. The van der Waals surface area contributed by atoms with E-state index in [0.29, 0.717) is 5.02 Å². The van der Waals surface area contributed by atoms with Crippen LogP contribution in [0.3, 0.4) is 0 Å². The Hall–Kier alpha value is -1.66. The number of carboxylic acids is 1. The Morgan fingerprint density at radius 2 is 2.24 bits per heavy atom. The number of hydrogen-bond donors (Lipinski definition) is 3. The fraction of sp³-hybridized carbons (Fsp3) is 0.300. The molecule has 7 heteroatoms. The molecule has 0 unspecified atom stereocenters. The zero-order valence-corrected chi connectivity index (χ0v) is 9.52. The zero-order valence-electron chi connectivity index (χ0n) is 8.76. The molecule has 0 aromatic carbocycles. The van der Waals surface area contributed by atoms with Gasteiger partial charge in [-0.15, -0.1) is 0 Å². The molecule has 6 nitrogen and oxygen atoms in total. The third kappa shape index (κ3) is 4.38. The first-order valence-electron chi connectivity index (χ1n) is 4.81. The van der Waals surface area contributed by atoms with Crippen LogP contribution in [0.15, 0.2) is 18.3 Å². The minimum atomic E-state index is -1.48. The molecular formula is C10H11ClN2O4. The molecule has 0 saturated heterocycles. The number of hydrogen-bond acceptors (Lipinski definition) is 4. The van der Waals surface area contributed by atoms with Crippen LogP contribution in [0.1, 0.15) is 16.9 Å². The second-order valence-corrected chi connectivity index (χ2v) is 3.69. The van der Waals surface area contributed by atoms with E-state index >= 15 is 0 Å². The standard InChI is InChI=1S/C10H11ClN2O4/c11-6-1-3-12-7(5-6)9(15)13-4-2-8(14)10(16)17/h1,3,5,8,14H,2,4H2,(H,13,15)(H,16,17)/t8-/m0/s1. The number of halogens is 1. The van der Waals surface area contributed by atoms with Crippen LogP contribution >= 0.6 is 11.6 Å². The number of rotatable bonds is 5. The summed E-state index contributed by atoms with van der Waals surface area (Å²) in [5.74, 6) is -1.79. The molecule has 0 bridgehead atoms. The minimum absolute atomic E-state index is 0.0422. The maximum absolute atomic E-state index is 11.5. The van der Waals surface area contributed by atoms with Crippen molar-refractivity contribution < 1.29 is 19.8 Å². The molecule has 92 valence electrons. The summed E-state index contributed by atoms with van der Waals surface area (Å²) < 4.78 is 0. The van der Waals surface area contributed by atoms with E-state index in [1.165, 1.54) is 18.3 Å². The molecule has 0 spiro atoms. The normalized spacial score (nSPS) is 11.9. The summed E-state index contributed by atoms with van der Waals surface area (Å²) in [4.78, 5) is 25.6. The molecule has 1 aromatic rings. The van der Waals surface area contributed by atoms with Gasteiger partial charge in [0.15, 0.2) is 6.10 Å². The first-order valence-corrected chi connectivity index (χ1v) is 5.19. The maximum atomic E-state index is 11.5. The quantitative estimate of drug-likeness (QED) is 0.705. The topological polar surface area (TPSA) is 99.5 Å². The van der Waals surface area contributed by atoms with Gasteiger partial charge in [0.05, 0.1) is 0 Å². The molecule has 0 aliphatic rings. The van der Waals surface area contributed by atoms with Crippen molar-refractivity contribution in [3.63, 3.8) is 0 Å². The van der Waals surface area contributed by atoms with Gasteiger partial charge < -0.3 is 15.5 Å². The Morgan fingerprint density at radius 1 is 1.53 bits per heavy atom. The summed E-state index contributed by atoms with van der Waals surface area (Å²) in [5.41, 5.74) is 0.141. The first-order chi connectivity index (χ1) is 8.00. The summed E-state index contributed by atoms with van der Waals surface area (Å²) in [6.07, 6.45) is -0.159. The SMILES string of the molecule is O=C(NCC[C@H](O)C(=O)O)c1cc(Cl)ccn1. The lowest BCUT2D eigenvalue weighted by Crippen LogP contribution is -2.30. The molecule has 1 amide bonds. The van der Waals surface area contributed by atoms with E-state index in [9.17, 15) is 9.59 Å². The smallest absolute Gasteiger partial charge is 0.332 e. The van der Waals surface area contributed by atoms with E-state index in [1.807, 2.05) is 0 Å². The van der Waals surface area contributed by atoms with Gasteiger partial charge in [0.25, 0.3) is 5.91 Å². The fourth-order valence-electron chi connectivity index (χ4n) is 1.07. The summed E-state index contributed by atoms with van der Waals surface area (Å²) in [7, 11) is 0. The lowest BCUT2D eigenvalue weighted by molar-refractivity contribution is -0.146. The van der Waals surface area contributed by atoms with Gasteiger partial charge >= 0.3 is 5.97 Å². The van der Waals surface area contributed by atoms with Crippen molar-refractivity contribution >= 4 is 23.5 Å². The van der Waals surface area contributed by atoms with Crippen molar-refractivity contribution in [3.05, 3.63) is 29.0 Å². The summed E-state index contributed by atoms with van der Waals surface area (Å²) in [6.45, 7) is 0.0422. The van der Waals surface area contributed by atoms with Crippen molar-refractivity contribution in [1.82, 2.24) is 10.3 Å². The maximum Gasteiger partial charge on any atom is 0.332 e. The second kappa shape index (κ2) is 6.17. The van der Waals surface area contributed by atoms with Crippen molar-refractivity contribution in [2.24, 2.45) is 0 Å². The number of nitrogens with one attached hydrogen (secondary N) is 1. The highest BCUT2D eigenvalue weighted by molar-refractivity contribution is 6.30. The van der Waals surface area contributed by atoms with Gasteiger partial charge in [-0.2, -0.15) is 0 Å². The fourth-order valence-corrected chi connectivity index (χ4v) is 1.23. The minimum Gasteiger partial charge on any atom is -0.479 e. The van der Waals surface area contributed by atoms with Crippen LogP contribution in [0.2, 0.25) is 5.02 Å². The van der Waals surface area contributed by atoms with E-state index in [-0.39, 0.29) is 18.7 Å².